The minimum atomic E-state index is 0.365. The zero-order chi connectivity index (χ0) is 22.6. The van der Waals surface area contributed by atoms with Crippen molar-refractivity contribution in [2.24, 2.45) is 11.8 Å². The highest BCUT2D eigenvalue weighted by Gasteiger charge is 2.28. The van der Waals surface area contributed by atoms with E-state index in [-0.39, 0.29) is 0 Å². The number of anilines is 1. The fourth-order valence-corrected chi connectivity index (χ4v) is 5.88. The molecule has 1 saturated carbocycles. The number of benzene rings is 1. The number of carbonyl (C=O) groups excluding carboxylic acids is 1. The van der Waals surface area contributed by atoms with Gasteiger partial charge in [0.05, 0.1) is 31.1 Å². The lowest BCUT2D eigenvalue weighted by molar-refractivity contribution is -0.135. The molecule has 1 amide bonds. The lowest BCUT2D eigenvalue weighted by atomic mass is 9.86. The van der Waals surface area contributed by atoms with E-state index in [2.05, 4.69) is 20.9 Å². The second-order valence-corrected chi connectivity index (χ2v) is 10.0. The van der Waals surface area contributed by atoms with Crippen molar-refractivity contribution in [3.8, 4) is 11.5 Å². The van der Waals surface area contributed by atoms with Gasteiger partial charge in [0.2, 0.25) is 5.91 Å². The number of pyridine rings is 1. The molecule has 1 aliphatic carbocycles. The molecule has 0 bridgehead atoms. The largest absolute Gasteiger partial charge is 0.497 e. The lowest BCUT2D eigenvalue weighted by Crippen LogP contribution is -2.41. The van der Waals surface area contributed by atoms with Gasteiger partial charge < -0.3 is 19.3 Å². The average Bonchev–Trinajstić information content (AvgIpc) is 2.87. The van der Waals surface area contributed by atoms with Gasteiger partial charge in [-0.05, 0) is 49.3 Å². The number of ether oxygens (including phenoxy) is 2. The Balaban J connectivity index is 1.19. The lowest BCUT2D eigenvalue weighted by Gasteiger charge is -2.36. The van der Waals surface area contributed by atoms with Gasteiger partial charge in [-0.1, -0.05) is 32.1 Å². The number of hydrogen-bond acceptors (Lipinski definition) is 5. The molecule has 2 aromatic rings. The first kappa shape index (κ1) is 22.3. The molecule has 3 aliphatic rings. The third kappa shape index (κ3) is 5.04. The number of piperidine rings is 1. The summed E-state index contributed by atoms with van der Waals surface area (Å²) in [5.74, 6) is 3.35. The van der Waals surface area contributed by atoms with Crippen LogP contribution in [0.3, 0.4) is 0 Å². The molecule has 1 unspecified atom stereocenters. The van der Waals surface area contributed by atoms with Crippen molar-refractivity contribution in [1.82, 2.24) is 9.88 Å². The summed E-state index contributed by atoms with van der Waals surface area (Å²) in [4.78, 5) is 22.0. The van der Waals surface area contributed by atoms with Gasteiger partial charge in [0.25, 0.3) is 0 Å². The number of rotatable bonds is 7. The molecule has 2 aliphatic heterocycles. The number of methoxy groups -OCH3 is 1. The molecule has 1 saturated heterocycles. The highest BCUT2D eigenvalue weighted by atomic mass is 16.5. The molecule has 3 heterocycles. The van der Waals surface area contributed by atoms with Crippen LogP contribution in [0, 0.1) is 11.8 Å². The van der Waals surface area contributed by atoms with Gasteiger partial charge >= 0.3 is 0 Å². The van der Waals surface area contributed by atoms with Crippen LogP contribution in [0.4, 0.5) is 5.69 Å². The zero-order valence-electron chi connectivity index (χ0n) is 19.9. The number of aromatic nitrogens is 1. The Labute approximate surface area is 197 Å². The predicted molar refractivity (Wildman–Crippen MR) is 131 cm³/mol. The van der Waals surface area contributed by atoms with Crippen molar-refractivity contribution in [2.45, 2.75) is 57.8 Å². The minimum Gasteiger partial charge on any atom is -0.497 e. The maximum Gasteiger partial charge on any atom is 0.222 e. The van der Waals surface area contributed by atoms with E-state index in [4.69, 9.17) is 9.47 Å². The second-order valence-electron chi connectivity index (χ2n) is 10.0. The van der Waals surface area contributed by atoms with Crippen molar-refractivity contribution in [1.29, 1.82) is 0 Å². The molecule has 1 aromatic heterocycles. The minimum absolute atomic E-state index is 0.365. The third-order valence-electron chi connectivity index (χ3n) is 7.91. The van der Waals surface area contributed by atoms with Crippen LogP contribution in [0.5, 0.6) is 11.5 Å². The van der Waals surface area contributed by atoms with E-state index in [1.54, 1.807) is 7.11 Å². The summed E-state index contributed by atoms with van der Waals surface area (Å²) in [6.45, 7) is 4.36. The molecule has 0 spiro atoms. The summed E-state index contributed by atoms with van der Waals surface area (Å²) >= 11 is 0. The summed E-state index contributed by atoms with van der Waals surface area (Å²) < 4.78 is 11.4. The first-order valence-electron chi connectivity index (χ1n) is 12.8. The predicted octanol–water partition coefficient (Wildman–Crippen LogP) is 5.04. The van der Waals surface area contributed by atoms with Gasteiger partial charge in [0, 0.05) is 31.4 Å². The topological polar surface area (TPSA) is 54.9 Å². The molecule has 0 radical (unpaired) electrons. The third-order valence-corrected chi connectivity index (χ3v) is 7.91. The standard InChI is InChI=1S/C27H37N3O3/c1-32-22-7-8-24-23(18-22)27-25(19-28-24)33-16-15-30(27)14-11-21-10-13-29(26(31)17-21)12-9-20-5-3-2-4-6-20/h7-8,18-21H,2-6,9-17H2,1H3. The van der Waals surface area contributed by atoms with Crippen molar-refractivity contribution in [2.75, 3.05) is 44.8 Å². The fourth-order valence-electron chi connectivity index (χ4n) is 5.88. The van der Waals surface area contributed by atoms with E-state index >= 15 is 0 Å². The summed E-state index contributed by atoms with van der Waals surface area (Å²) in [6, 6.07) is 6.00. The first-order valence-corrected chi connectivity index (χ1v) is 12.8. The van der Waals surface area contributed by atoms with Gasteiger partial charge in [-0.2, -0.15) is 0 Å². The van der Waals surface area contributed by atoms with Gasteiger partial charge in [-0.15, -0.1) is 0 Å². The maximum absolute atomic E-state index is 12.8. The average molecular weight is 452 g/mol. The van der Waals surface area contributed by atoms with Crippen LogP contribution in [0.1, 0.15) is 57.8 Å². The van der Waals surface area contributed by atoms with E-state index < -0.39 is 0 Å². The molecule has 33 heavy (non-hydrogen) atoms. The highest BCUT2D eigenvalue weighted by Crippen LogP contribution is 2.39. The Bertz CT molecular complexity index is 967. The normalized spacial score (nSPS) is 21.7. The van der Waals surface area contributed by atoms with Gasteiger partial charge in [-0.25, -0.2) is 0 Å². The fraction of sp³-hybridized carbons (Fsp3) is 0.630. The van der Waals surface area contributed by atoms with Gasteiger partial charge in [0.15, 0.2) is 5.75 Å². The Morgan fingerprint density at radius 3 is 2.67 bits per heavy atom. The molecule has 6 nitrogen and oxygen atoms in total. The molecule has 2 fully saturated rings. The zero-order valence-corrected chi connectivity index (χ0v) is 19.9. The first-order chi connectivity index (χ1) is 16.2. The maximum atomic E-state index is 12.8. The van der Waals surface area contributed by atoms with Gasteiger partial charge in [0.1, 0.15) is 12.4 Å². The number of hydrogen-bond donors (Lipinski definition) is 0. The van der Waals surface area contributed by atoms with E-state index in [0.29, 0.717) is 24.9 Å². The summed E-state index contributed by atoms with van der Waals surface area (Å²) in [7, 11) is 1.69. The van der Waals surface area contributed by atoms with Crippen LogP contribution in [-0.4, -0.2) is 55.7 Å². The van der Waals surface area contributed by atoms with Crippen LogP contribution in [0.25, 0.3) is 10.9 Å². The van der Waals surface area contributed by atoms with Crippen molar-refractivity contribution in [3.05, 3.63) is 24.4 Å². The van der Waals surface area contributed by atoms with E-state index in [0.717, 1.165) is 73.0 Å². The number of fused-ring (bicyclic) bond motifs is 3. The van der Waals surface area contributed by atoms with Crippen molar-refractivity contribution < 1.29 is 14.3 Å². The highest BCUT2D eigenvalue weighted by molar-refractivity contribution is 5.96. The molecule has 1 atom stereocenters. The second kappa shape index (κ2) is 10.2. The summed E-state index contributed by atoms with van der Waals surface area (Å²) in [6.07, 6.45) is 12.8. The molecule has 1 aromatic carbocycles. The molecule has 6 heteroatoms. The van der Waals surface area contributed by atoms with E-state index in [9.17, 15) is 4.79 Å². The Morgan fingerprint density at radius 2 is 1.85 bits per heavy atom. The van der Waals surface area contributed by atoms with Gasteiger partial charge in [-0.3, -0.25) is 9.78 Å². The monoisotopic (exact) mass is 451 g/mol. The van der Waals surface area contributed by atoms with E-state index in [1.165, 1.54) is 38.5 Å². The summed E-state index contributed by atoms with van der Waals surface area (Å²) in [5, 5.41) is 1.07. The van der Waals surface area contributed by atoms with Crippen LogP contribution in [0.2, 0.25) is 0 Å². The van der Waals surface area contributed by atoms with Crippen molar-refractivity contribution >= 4 is 22.5 Å². The molecule has 0 N–H and O–H groups in total. The van der Waals surface area contributed by atoms with Crippen LogP contribution in [-0.2, 0) is 4.79 Å². The number of amides is 1. The Hall–Kier alpha value is -2.50. The summed E-state index contributed by atoms with van der Waals surface area (Å²) in [5.41, 5.74) is 2.06. The number of nitrogens with zero attached hydrogens (tertiary/aromatic N) is 3. The number of likely N-dealkylation sites (tertiary alicyclic amines) is 1. The molecule has 5 rings (SSSR count). The quantitative estimate of drug-likeness (QED) is 0.590. The van der Waals surface area contributed by atoms with Crippen LogP contribution >= 0.6 is 0 Å². The molecular weight excluding hydrogens is 414 g/mol. The van der Waals surface area contributed by atoms with E-state index in [1.807, 2.05) is 18.3 Å². The number of carbonyl (C=O) groups is 1. The SMILES string of the molecule is COc1ccc2ncc3c(c2c1)N(CCC1CCN(CCC2CCCCC2)C(=O)C1)CCO3. The smallest absolute Gasteiger partial charge is 0.222 e. The Morgan fingerprint density at radius 1 is 1.03 bits per heavy atom. The molecular formula is C27H37N3O3. The van der Waals surface area contributed by atoms with Crippen LogP contribution in [0.15, 0.2) is 24.4 Å². The Kier molecular flexibility index (Phi) is 6.88. The molecule has 178 valence electrons. The van der Waals surface area contributed by atoms with Crippen LogP contribution < -0.4 is 14.4 Å². The van der Waals surface area contributed by atoms with Crippen molar-refractivity contribution in [3.63, 3.8) is 0 Å².